The van der Waals surface area contributed by atoms with Crippen LogP contribution in [0.2, 0.25) is 0 Å². The van der Waals surface area contributed by atoms with Crippen LogP contribution in [-0.4, -0.2) is 21.0 Å². The molecule has 0 spiro atoms. The van der Waals surface area contributed by atoms with E-state index in [4.69, 9.17) is 0 Å². The number of carbonyl (C=O) groups excluding carboxylic acids is 1. The molecule has 0 saturated carbocycles. The molecular weight excluding hydrogens is 316 g/mol. The van der Waals surface area contributed by atoms with Gasteiger partial charge >= 0.3 is 0 Å². The predicted octanol–water partition coefficient (Wildman–Crippen LogP) is 2.81. The Hall–Kier alpha value is -0.940. The molecular formula is C13H13BrO3S. The van der Waals surface area contributed by atoms with Crippen LogP contribution in [0.25, 0.3) is 5.57 Å². The Morgan fingerprint density at radius 2 is 1.89 bits per heavy atom. The fourth-order valence-corrected chi connectivity index (χ4v) is 3.48. The van der Waals surface area contributed by atoms with Crippen molar-refractivity contribution in [1.82, 2.24) is 0 Å². The summed E-state index contributed by atoms with van der Waals surface area (Å²) in [5.74, 6) is -0.0606. The van der Waals surface area contributed by atoms with E-state index < -0.39 is 9.84 Å². The number of hydrogen-bond donors (Lipinski definition) is 0. The van der Waals surface area contributed by atoms with Crippen LogP contribution in [0.1, 0.15) is 18.4 Å². The topological polar surface area (TPSA) is 51.2 Å². The first-order valence-corrected chi connectivity index (χ1v) is 8.26. The Morgan fingerprint density at radius 3 is 2.33 bits per heavy atom. The van der Waals surface area contributed by atoms with Crippen molar-refractivity contribution in [2.75, 3.05) is 6.26 Å². The van der Waals surface area contributed by atoms with Gasteiger partial charge in [0, 0.05) is 16.7 Å². The molecule has 0 fully saturated rings. The van der Waals surface area contributed by atoms with E-state index in [2.05, 4.69) is 15.9 Å². The molecule has 1 aliphatic carbocycles. The standard InChI is InChI=1S/C13H13BrO3S/c1-18(16,17)11-5-2-9(3-6-11)12-7-4-10(8-15)13(12)14/h2-3,5-6,8,10H,4,7H2,1H3. The van der Waals surface area contributed by atoms with Gasteiger partial charge in [-0.1, -0.05) is 28.1 Å². The van der Waals surface area contributed by atoms with Gasteiger partial charge in [-0.15, -0.1) is 0 Å². The fraction of sp³-hybridized carbons (Fsp3) is 0.308. The van der Waals surface area contributed by atoms with Crippen molar-refractivity contribution in [2.24, 2.45) is 5.92 Å². The minimum atomic E-state index is -3.16. The second-order valence-corrected chi connectivity index (χ2v) is 7.27. The summed E-state index contributed by atoms with van der Waals surface area (Å²) in [5, 5.41) is 0. The molecule has 0 aliphatic heterocycles. The third-order valence-electron chi connectivity index (χ3n) is 3.11. The number of hydrogen-bond acceptors (Lipinski definition) is 3. The minimum absolute atomic E-state index is 0.0606. The third-order valence-corrected chi connectivity index (χ3v) is 5.31. The normalized spacial score (nSPS) is 20.2. The Bertz CT molecular complexity index is 600. The predicted molar refractivity (Wildman–Crippen MR) is 74.2 cm³/mol. The Labute approximate surface area is 115 Å². The van der Waals surface area contributed by atoms with Crippen molar-refractivity contribution in [3.63, 3.8) is 0 Å². The molecule has 0 heterocycles. The van der Waals surface area contributed by atoms with E-state index in [1.54, 1.807) is 24.3 Å². The van der Waals surface area contributed by atoms with Crippen LogP contribution in [0.3, 0.4) is 0 Å². The summed E-state index contributed by atoms with van der Waals surface area (Å²) in [4.78, 5) is 11.1. The SMILES string of the molecule is CS(=O)(=O)c1ccc(C2=C(Br)C(C=O)CC2)cc1. The number of carbonyl (C=O) groups is 1. The highest BCUT2D eigenvalue weighted by Crippen LogP contribution is 2.40. The first-order chi connectivity index (χ1) is 8.43. The molecule has 3 nitrogen and oxygen atoms in total. The largest absolute Gasteiger partial charge is 0.303 e. The summed E-state index contributed by atoms with van der Waals surface area (Å²) in [6, 6.07) is 6.79. The van der Waals surface area contributed by atoms with Crippen molar-refractivity contribution < 1.29 is 13.2 Å². The lowest BCUT2D eigenvalue weighted by Crippen LogP contribution is -1.97. The molecule has 0 saturated heterocycles. The van der Waals surface area contributed by atoms with E-state index in [9.17, 15) is 13.2 Å². The van der Waals surface area contributed by atoms with Gasteiger partial charge < -0.3 is 4.79 Å². The van der Waals surface area contributed by atoms with Gasteiger partial charge in [0.15, 0.2) is 9.84 Å². The van der Waals surface area contributed by atoms with Gasteiger partial charge in [-0.25, -0.2) is 8.42 Å². The fourth-order valence-electron chi connectivity index (χ4n) is 2.08. The zero-order chi connectivity index (χ0) is 13.3. The maximum absolute atomic E-state index is 11.4. The van der Waals surface area contributed by atoms with Crippen molar-refractivity contribution in [2.45, 2.75) is 17.7 Å². The summed E-state index contributed by atoms with van der Waals surface area (Å²) < 4.78 is 23.6. The van der Waals surface area contributed by atoms with E-state index in [0.29, 0.717) is 4.90 Å². The van der Waals surface area contributed by atoms with Crippen molar-refractivity contribution >= 4 is 37.6 Å². The maximum atomic E-state index is 11.4. The smallest absolute Gasteiger partial charge is 0.175 e. The number of sulfone groups is 1. The molecule has 2 rings (SSSR count). The monoisotopic (exact) mass is 328 g/mol. The quantitative estimate of drug-likeness (QED) is 0.801. The average molecular weight is 329 g/mol. The Kier molecular flexibility index (Phi) is 3.73. The molecule has 0 N–H and O–H groups in total. The molecule has 0 amide bonds. The van der Waals surface area contributed by atoms with E-state index >= 15 is 0 Å². The Balaban J connectivity index is 2.37. The Morgan fingerprint density at radius 1 is 1.28 bits per heavy atom. The van der Waals surface area contributed by atoms with Crippen molar-refractivity contribution in [3.8, 4) is 0 Å². The van der Waals surface area contributed by atoms with Gasteiger partial charge in [-0.3, -0.25) is 0 Å². The number of halogens is 1. The van der Waals surface area contributed by atoms with Gasteiger partial charge in [-0.2, -0.15) is 0 Å². The molecule has 1 aromatic carbocycles. The molecule has 1 aromatic rings. The lowest BCUT2D eigenvalue weighted by molar-refractivity contribution is -0.109. The van der Waals surface area contributed by atoms with E-state index in [0.717, 1.165) is 34.7 Å². The lowest BCUT2D eigenvalue weighted by Gasteiger charge is -2.05. The van der Waals surface area contributed by atoms with Crippen LogP contribution in [0.4, 0.5) is 0 Å². The van der Waals surface area contributed by atoms with Crippen LogP contribution >= 0.6 is 15.9 Å². The van der Waals surface area contributed by atoms with Gasteiger partial charge in [0.2, 0.25) is 0 Å². The van der Waals surface area contributed by atoms with Crippen LogP contribution in [0.15, 0.2) is 33.6 Å². The first kappa shape index (κ1) is 13.5. The minimum Gasteiger partial charge on any atom is -0.303 e. The van der Waals surface area contributed by atoms with Crippen LogP contribution in [0.5, 0.6) is 0 Å². The second kappa shape index (κ2) is 4.97. The van der Waals surface area contributed by atoms with Gasteiger partial charge in [0.25, 0.3) is 0 Å². The zero-order valence-corrected chi connectivity index (χ0v) is 12.3. The molecule has 0 bridgehead atoms. The highest BCUT2D eigenvalue weighted by Gasteiger charge is 2.24. The number of rotatable bonds is 3. The van der Waals surface area contributed by atoms with Gasteiger partial charge in [0.05, 0.1) is 4.90 Å². The lowest BCUT2D eigenvalue weighted by atomic mass is 10.1. The zero-order valence-electron chi connectivity index (χ0n) is 9.89. The van der Waals surface area contributed by atoms with Crippen LogP contribution in [0, 0.1) is 5.92 Å². The van der Waals surface area contributed by atoms with Crippen molar-refractivity contribution in [3.05, 3.63) is 34.3 Å². The molecule has 0 radical (unpaired) electrons. The first-order valence-electron chi connectivity index (χ1n) is 5.58. The number of benzene rings is 1. The summed E-state index contributed by atoms with van der Waals surface area (Å²) in [6.07, 6.45) is 3.78. The summed E-state index contributed by atoms with van der Waals surface area (Å²) in [7, 11) is -3.16. The molecule has 96 valence electrons. The van der Waals surface area contributed by atoms with E-state index in [1.165, 1.54) is 6.26 Å². The van der Waals surface area contributed by atoms with Crippen LogP contribution in [-0.2, 0) is 14.6 Å². The second-order valence-electron chi connectivity index (χ2n) is 4.40. The molecule has 1 aliphatic rings. The van der Waals surface area contributed by atoms with E-state index in [1.807, 2.05) is 0 Å². The van der Waals surface area contributed by atoms with Crippen LogP contribution < -0.4 is 0 Å². The third kappa shape index (κ3) is 2.57. The maximum Gasteiger partial charge on any atom is 0.175 e. The van der Waals surface area contributed by atoms with Gasteiger partial charge in [0.1, 0.15) is 6.29 Å². The highest BCUT2D eigenvalue weighted by molar-refractivity contribution is 9.11. The van der Waals surface area contributed by atoms with Gasteiger partial charge in [-0.05, 0) is 36.1 Å². The average Bonchev–Trinajstić information content (AvgIpc) is 2.69. The molecule has 5 heteroatoms. The molecule has 1 unspecified atom stereocenters. The molecule has 1 atom stereocenters. The summed E-state index contributed by atoms with van der Waals surface area (Å²) >= 11 is 3.46. The van der Waals surface area contributed by atoms with E-state index in [-0.39, 0.29) is 5.92 Å². The summed E-state index contributed by atoms with van der Waals surface area (Å²) in [5.41, 5.74) is 2.06. The van der Waals surface area contributed by atoms with Crippen molar-refractivity contribution in [1.29, 1.82) is 0 Å². The number of allylic oxidation sites excluding steroid dienone is 2. The molecule has 18 heavy (non-hydrogen) atoms. The number of aldehydes is 1. The molecule has 0 aromatic heterocycles. The summed E-state index contributed by atoms with van der Waals surface area (Å²) in [6.45, 7) is 0. The highest BCUT2D eigenvalue weighted by atomic mass is 79.9.